The number of carbonyl (C=O) groups is 2. The molecular weight excluding hydrogens is 544 g/mol. The second-order valence-corrected chi connectivity index (χ2v) is 10.9. The van der Waals surface area contributed by atoms with Gasteiger partial charge in [0.05, 0.1) is 0 Å². The standard InChI is InChI=1S/2C19H24N2O/c2*1-5-20(3)17-11-7-15(8-12-17)19(22)16-9-13-18(14-10-16)21(4)6-2/h2*7-14H,5-6H2,1-4H3. The van der Waals surface area contributed by atoms with Gasteiger partial charge in [0.1, 0.15) is 0 Å². The summed E-state index contributed by atoms with van der Waals surface area (Å²) in [7, 11) is 8.17. The van der Waals surface area contributed by atoms with Gasteiger partial charge in [0.25, 0.3) is 0 Å². The quantitative estimate of drug-likeness (QED) is 0.157. The van der Waals surface area contributed by atoms with Crippen LogP contribution >= 0.6 is 0 Å². The second-order valence-electron chi connectivity index (χ2n) is 10.9. The van der Waals surface area contributed by atoms with Crippen LogP contribution in [-0.4, -0.2) is 65.9 Å². The molecule has 4 aromatic carbocycles. The van der Waals surface area contributed by atoms with E-state index in [1.54, 1.807) is 0 Å². The van der Waals surface area contributed by atoms with Crippen molar-refractivity contribution in [2.75, 3.05) is 74.0 Å². The Morgan fingerprint density at radius 3 is 0.659 bits per heavy atom. The molecule has 0 unspecified atom stereocenters. The number of ketones is 2. The number of benzene rings is 4. The molecule has 0 aromatic heterocycles. The van der Waals surface area contributed by atoms with Gasteiger partial charge in [-0.05, 0) is 125 Å². The lowest BCUT2D eigenvalue weighted by molar-refractivity contribution is 0.103. The van der Waals surface area contributed by atoms with Gasteiger partial charge >= 0.3 is 0 Å². The third-order valence-corrected chi connectivity index (χ3v) is 8.18. The van der Waals surface area contributed by atoms with Gasteiger partial charge in [0, 0.05) is 99.4 Å². The van der Waals surface area contributed by atoms with Crippen LogP contribution in [0, 0.1) is 0 Å². The zero-order valence-electron chi connectivity index (χ0n) is 27.7. The topological polar surface area (TPSA) is 47.1 Å². The summed E-state index contributed by atoms with van der Waals surface area (Å²) in [5.41, 5.74) is 7.40. The number of rotatable bonds is 12. The highest BCUT2D eigenvalue weighted by molar-refractivity contribution is 6.09. The number of nitrogens with zero attached hydrogens (tertiary/aromatic N) is 4. The Balaban J connectivity index is 0.000000240. The zero-order chi connectivity index (χ0) is 32.2. The van der Waals surface area contributed by atoms with Crippen LogP contribution in [-0.2, 0) is 0 Å². The molecule has 6 heteroatoms. The van der Waals surface area contributed by atoms with Crippen molar-refractivity contribution in [1.82, 2.24) is 0 Å². The molecule has 0 saturated carbocycles. The van der Waals surface area contributed by atoms with Crippen molar-refractivity contribution >= 4 is 34.3 Å². The van der Waals surface area contributed by atoms with Crippen LogP contribution in [0.1, 0.15) is 59.5 Å². The van der Waals surface area contributed by atoms with Crippen LogP contribution in [0.3, 0.4) is 0 Å². The van der Waals surface area contributed by atoms with Gasteiger partial charge in [-0.1, -0.05) is 0 Å². The molecule has 4 rings (SSSR count). The summed E-state index contributed by atoms with van der Waals surface area (Å²) in [6.07, 6.45) is 0. The maximum Gasteiger partial charge on any atom is 0.193 e. The third-order valence-electron chi connectivity index (χ3n) is 8.18. The van der Waals surface area contributed by atoms with Crippen molar-refractivity contribution < 1.29 is 9.59 Å². The molecule has 0 aliphatic rings. The summed E-state index contributed by atoms with van der Waals surface area (Å²) in [5.74, 6) is 0.132. The van der Waals surface area contributed by atoms with E-state index in [9.17, 15) is 9.59 Å². The van der Waals surface area contributed by atoms with E-state index in [0.717, 1.165) is 71.2 Å². The molecule has 0 bridgehead atoms. The molecule has 6 nitrogen and oxygen atoms in total. The summed E-state index contributed by atoms with van der Waals surface area (Å²) >= 11 is 0. The van der Waals surface area contributed by atoms with Gasteiger partial charge in [-0.2, -0.15) is 0 Å². The highest BCUT2D eigenvalue weighted by atomic mass is 16.1. The summed E-state index contributed by atoms with van der Waals surface area (Å²) in [5, 5.41) is 0. The smallest absolute Gasteiger partial charge is 0.193 e. The van der Waals surface area contributed by atoms with Crippen molar-refractivity contribution in [3.63, 3.8) is 0 Å². The summed E-state index contributed by atoms with van der Waals surface area (Å²) in [6.45, 7) is 12.2. The number of hydrogen-bond donors (Lipinski definition) is 0. The fourth-order valence-corrected chi connectivity index (χ4v) is 4.53. The molecular formula is C38H48N4O2. The minimum Gasteiger partial charge on any atom is -0.375 e. The minimum absolute atomic E-state index is 0.0661. The molecule has 232 valence electrons. The van der Waals surface area contributed by atoms with Crippen molar-refractivity contribution in [3.8, 4) is 0 Å². The van der Waals surface area contributed by atoms with Crippen molar-refractivity contribution in [2.45, 2.75) is 27.7 Å². The van der Waals surface area contributed by atoms with Crippen LogP contribution in [0.25, 0.3) is 0 Å². The molecule has 0 fully saturated rings. The van der Waals surface area contributed by atoms with E-state index in [-0.39, 0.29) is 11.6 Å². The first-order valence-electron chi connectivity index (χ1n) is 15.5. The Labute approximate surface area is 264 Å². The molecule has 44 heavy (non-hydrogen) atoms. The molecule has 0 aliphatic carbocycles. The van der Waals surface area contributed by atoms with Crippen LogP contribution in [0.15, 0.2) is 97.1 Å². The first-order valence-corrected chi connectivity index (χ1v) is 15.5. The third kappa shape index (κ3) is 8.73. The predicted octanol–water partition coefficient (Wildman–Crippen LogP) is 7.66. The lowest BCUT2D eigenvalue weighted by Crippen LogP contribution is -2.16. The van der Waals surface area contributed by atoms with E-state index < -0.39 is 0 Å². The molecule has 0 heterocycles. The van der Waals surface area contributed by atoms with E-state index in [1.807, 2.05) is 125 Å². The fourth-order valence-electron chi connectivity index (χ4n) is 4.53. The Kier molecular flexibility index (Phi) is 12.6. The molecule has 0 atom stereocenters. The first-order chi connectivity index (χ1) is 21.1. The van der Waals surface area contributed by atoms with Crippen molar-refractivity contribution in [1.29, 1.82) is 0 Å². The molecule has 0 amide bonds. The molecule has 4 aromatic rings. The number of carbonyl (C=O) groups excluding carboxylic acids is 2. The summed E-state index contributed by atoms with van der Waals surface area (Å²) in [6, 6.07) is 31.2. The number of anilines is 4. The van der Waals surface area contributed by atoms with Gasteiger partial charge in [-0.3, -0.25) is 9.59 Å². The van der Waals surface area contributed by atoms with E-state index in [4.69, 9.17) is 0 Å². The van der Waals surface area contributed by atoms with Gasteiger partial charge in [0.15, 0.2) is 11.6 Å². The molecule has 0 spiro atoms. The Morgan fingerprint density at radius 1 is 0.364 bits per heavy atom. The molecule has 0 radical (unpaired) electrons. The second kappa shape index (κ2) is 16.3. The van der Waals surface area contributed by atoms with E-state index in [2.05, 4.69) is 47.3 Å². The van der Waals surface area contributed by atoms with Gasteiger partial charge in [0.2, 0.25) is 0 Å². The highest BCUT2D eigenvalue weighted by Gasteiger charge is 2.11. The van der Waals surface area contributed by atoms with Gasteiger partial charge < -0.3 is 19.6 Å². The minimum atomic E-state index is 0.0661. The Hall–Kier alpha value is -4.58. The Morgan fingerprint density at radius 2 is 0.523 bits per heavy atom. The van der Waals surface area contributed by atoms with E-state index >= 15 is 0 Å². The number of hydrogen-bond acceptors (Lipinski definition) is 6. The fraction of sp³-hybridized carbons (Fsp3) is 0.316. The van der Waals surface area contributed by atoms with Crippen LogP contribution in [0.5, 0.6) is 0 Å². The lowest BCUT2D eigenvalue weighted by Gasteiger charge is -2.17. The lowest BCUT2D eigenvalue weighted by atomic mass is 10.0. The first kappa shape index (κ1) is 33.9. The van der Waals surface area contributed by atoms with Crippen molar-refractivity contribution in [2.24, 2.45) is 0 Å². The van der Waals surface area contributed by atoms with E-state index in [1.165, 1.54) is 0 Å². The van der Waals surface area contributed by atoms with Crippen molar-refractivity contribution in [3.05, 3.63) is 119 Å². The maximum atomic E-state index is 12.5. The molecule has 0 aliphatic heterocycles. The largest absolute Gasteiger partial charge is 0.375 e. The predicted molar refractivity (Wildman–Crippen MR) is 188 cm³/mol. The average Bonchev–Trinajstić information content (AvgIpc) is 3.10. The molecule has 0 saturated heterocycles. The molecule has 0 N–H and O–H groups in total. The van der Waals surface area contributed by atoms with Crippen LogP contribution in [0.2, 0.25) is 0 Å². The van der Waals surface area contributed by atoms with Gasteiger partial charge in [-0.25, -0.2) is 0 Å². The van der Waals surface area contributed by atoms with E-state index in [0.29, 0.717) is 0 Å². The van der Waals surface area contributed by atoms with Crippen LogP contribution < -0.4 is 19.6 Å². The maximum absolute atomic E-state index is 12.5. The Bertz CT molecular complexity index is 1240. The normalized spacial score (nSPS) is 10.4. The zero-order valence-corrected chi connectivity index (χ0v) is 27.7. The monoisotopic (exact) mass is 592 g/mol. The summed E-state index contributed by atoms with van der Waals surface area (Å²) < 4.78 is 0. The SMILES string of the molecule is CCN(C)c1ccc(C(=O)c2ccc(N(C)CC)cc2)cc1.CCN(C)c1ccc(C(=O)c2ccc(N(C)CC)cc2)cc1. The van der Waals surface area contributed by atoms with Gasteiger partial charge in [-0.15, -0.1) is 0 Å². The van der Waals surface area contributed by atoms with Crippen LogP contribution in [0.4, 0.5) is 22.7 Å². The average molecular weight is 593 g/mol. The highest BCUT2D eigenvalue weighted by Crippen LogP contribution is 2.20. The summed E-state index contributed by atoms with van der Waals surface area (Å²) in [4.78, 5) is 33.6.